The second-order valence-electron chi connectivity index (χ2n) is 4.85. The zero-order valence-electron chi connectivity index (χ0n) is 11.8. The van der Waals surface area contributed by atoms with Gasteiger partial charge in [0.15, 0.2) is 0 Å². The predicted octanol–water partition coefficient (Wildman–Crippen LogP) is 2.28. The first-order valence-corrected chi connectivity index (χ1v) is 6.13. The van der Waals surface area contributed by atoms with Gasteiger partial charge in [0, 0.05) is 26.7 Å². The number of amides is 2. The van der Waals surface area contributed by atoms with E-state index in [0.29, 0.717) is 6.54 Å². The molecule has 19 heavy (non-hydrogen) atoms. The second kappa shape index (κ2) is 6.22. The maximum atomic E-state index is 12.0. The lowest BCUT2D eigenvalue weighted by Crippen LogP contribution is -2.41. The molecule has 0 aliphatic heterocycles. The number of carbonyl (C=O) groups is 2. The molecule has 5 nitrogen and oxygen atoms in total. The summed E-state index contributed by atoms with van der Waals surface area (Å²) in [6.07, 6.45) is 0. The highest BCUT2D eigenvalue weighted by Gasteiger charge is 2.16. The predicted molar refractivity (Wildman–Crippen MR) is 73.2 cm³/mol. The maximum Gasteiger partial charge on any atom is 0.335 e. The third-order valence-corrected chi connectivity index (χ3v) is 3.02. The van der Waals surface area contributed by atoms with Gasteiger partial charge in [-0.15, -0.1) is 0 Å². The van der Waals surface area contributed by atoms with Crippen LogP contribution in [-0.4, -0.2) is 47.0 Å². The average molecular weight is 264 g/mol. The van der Waals surface area contributed by atoms with Crippen LogP contribution in [-0.2, 0) is 6.54 Å². The highest BCUT2D eigenvalue weighted by Crippen LogP contribution is 2.09. The van der Waals surface area contributed by atoms with Crippen LogP contribution < -0.4 is 0 Å². The molecule has 0 saturated carbocycles. The largest absolute Gasteiger partial charge is 0.478 e. The number of aromatic carboxylic acids is 1. The smallest absolute Gasteiger partial charge is 0.335 e. The van der Waals surface area contributed by atoms with Crippen molar-refractivity contribution >= 4 is 12.0 Å². The van der Waals surface area contributed by atoms with Gasteiger partial charge in [-0.25, -0.2) is 9.59 Å². The zero-order chi connectivity index (χ0) is 14.6. The van der Waals surface area contributed by atoms with E-state index in [1.807, 2.05) is 13.8 Å². The third kappa shape index (κ3) is 3.98. The minimum Gasteiger partial charge on any atom is -0.478 e. The minimum atomic E-state index is -0.949. The van der Waals surface area contributed by atoms with Crippen LogP contribution in [0, 0.1) is 0 Å². The fourth-order valence-electron chi connectivity index (χ4n) is 1.58. The number of hydrogen-bond acceptors (Lipinski definition) is 2. The van der Waals surface area contributed by atoms with E-state index in [0.717, 1.165) is 5.56 Å². The van der Waals surface area contributed by atoms with Crippen molar-refractivity contribution in [2.75, 3.05) is 14.1 Å². The summed E-state index contributed by atoms with van der Waals surface area (Å²) in [4.78, 5) is 26.0. The molecule has 0 saturated heterocycles. The lowest BCUT2D eigenvalue weighted by Gasteiger charge is -2.27. The Morgan fingerprint density at radius 3 is 2.11 bits per heavy atom. The first-order valence-electron chi connectivity index (χ1n) is 6.13. The van der Waals surface area contributed by atoms with Gasteiger partial charge in [-0.1, -0.05) is 12.1 Å². The van der Waals surface area contributed by atoms with E-state index in [9.17, 15) is 9.59 Å². The molecule has 1 N–H and O–H groups in total. The Kier molecular flexibility index (Phi) is 4.92. The molecule has 0 spiro atoms. The number of urea groups is 1. The van der Waals surface area contributed by atoms with Crippen LogP contribution in [0.2, 0.25) is 0 Å². The molecule has 1 rings (SSSR count). The first-order chi connectivity index (χ1) is 8.82. The van der Waals surface area contributed by atoms with E-state index in [2.05, 4.69) is 0 Å². The topological polar surface area (TPSA) is 60.9 Å². The minimum absolute atomic E-state index is 0.0580. The van der Waals surface area contributed by atoms with Crippen LogP contribution in [0.1, 0.15) is 29.8 Å². The Balaban J connectivity index is 2.69. The van der Waals surface area contributed by atoms with Crippen LogP contribution in [0.25, 0.3) is 0 Å². The van der Waals surface area contributed by atoms with Crippen molar-refractivity contribution in [2.24, 2.45) is 0 Å². The lowest BCUT2D eigenvalue weighted by atomic mass is 10.1. The molecule has 1 aromatic carbocycles. The Morgan fingerprint density at radius 1 is 1.16 bits per heavy atom. The fourth-order valence-corrected chi connectivity index (χ4v) is 1.58. The van der Waals surface area contributed by atoms with Gasteiger partial charge < -0.3 is 14.9 Å². The summed E-state index contributed by atoms with van der Waals surface area (Å²) < 4.78 is 0. The van der Waals surface area contributed by atoms with Crippen molar-refractivity contribution in [3.8, 4) is 0 Å². The molecular weight excluding hydrogens is 244 g/mol. The molecule has 0 aliphatic rings. The van der Waals surface area contributed by atoms with E-state index in [1.165, 1.54) is 0 Å². The zero-order valence-corrected chi connectivity index (χ0v) is 11.8. The SMILES string of the molecule is CC(C)N(C)C(=O)N(C)Cc1ccc(C(=O)O)cc1. The van der Waals surface area contributed by atoms with E-state index >= 15 is 0 Å². The normalized spacial score (nSPS) is 10.4. The molecule has 0 fully saturated rings. The van der Waals surface area contributed by atoms with Crippen molar-refractivity contribution < 1.29 is 14.7 Å². The van der Waals surface area contributed by atoms with Crippen LogP contribution in [0.5, 0.6) is 0 Å². The van der Waals surface area contributed by atoms with Gasteiger partial charge >= 0.3 is 12.0 Å². The van der Waals surface area contributed by atoms with Crippen molar-refractivity contribution in [1.82, 2.24) is 9.80 Å². The number of hydrogen-bond donors (Lipinski definition) is 1. The summed E-state index contributed by atoms with van der Waals surface area (Å²) in [5.41, 5.74) is 1.15. The van der Waals surface area contributed by atoms with E-state index < -0.39 is 5.97 Å². The summed E-state index contributed by atoms with van der Waals surface area (Å²) in [5, 5.41) is 8.81. The Hall–Kier alpha value is -2.04. The Morgan fingerprint density at radius 2 is 1.68 bits per heavy atom. The molecule has 0 atom stereocenters. The fraction of sp³-hybridized carbons (Fsp3) is 0.429. The number of carbonyl (C=O) groups excluding carboxylic acids is 1. The average Bonchev–Trinajstić information content (AvgIpc) is 2.37. The number of carboxylic acids is 1. The molecule has 0 unspecified atom stereocenters. The number of carboxylic acid groups (broad SMARTS) is 1. The molecule has 0 radical (unpaired) electrons. The molecule has 0 aliphatic carbocycles. The van der Waals surface area contributed by atoms with Gasteiger partial charge in [0.2, 0.25) is 0 Å². The first kappa shape index (κ1) is 15.0. The summed E-state index contributed by atoms with van der Waals surface area (Å²) in [6.45, 7) is 4.36. The van der Waals surface area contributed by atoms with Crippen LogP contribution in [0.4, 0.5) is 4.79 Å². The number of benzene rings is 1. The Labute approximate surface area is 113 Å². The third-order valence-electron chi connectivity index (χ3n) is 3.02. The quantitative estimate of drug-likeness (QED) is 0.907. The van der Waals surface area contributed by atoms with Gasteiger partial charge in [0.05, 0.1) is 5.56 Å². The van der Waals surface area contributed by atoms with Gasteiger partial charge in [0.1, 0.15) is 0 Å². The molecule has 0 aromatic heterocycles. The molecular formula is C14H20N2O3. The van der Waals surface area contributed by atoms with E-state index in [-0.39, 0.29) is 17.6 Å². The van der Waals surface area contributed by atoms with Gasteiger partial charge in [0.25, 0.3) is 0 Å². The van der Waals surface area contributed by atoms with Crippen LogP contribution in [0.15, 0.2) is 24.3 Å². The molecule has 0 heterocycles. The summed E-state index contributed by atoms with van der Waals surface area (Å²) in [6, 6.07) is 6.62. The molecule has 5 heteroatoms. The summed E-state index contributed by atoms with van der Waals surface area (Å²) in [5.74, 6) is -0.949. The van der Waals surface area contributed by atoms with E-state index in [1.54, 1.807) is 48.2 Å². The highest BCUT2D eigenvalue weighted by molar-refractivity contribution is 5.87. The van der Waals surface area contributed by atoms with Crippen molar-refractivity contribution in [3.05, 3.63) is 35.4 Å². The standard InChI is InChI=1S/C14H20N2O3/c1-10(2)16(4)14(19)15(3)9-11-5-7-12(8-6-11)13(17)18/h5-8,10H,9H2,1-4H3,(H,17,18). The molecule has 1 aromatic rings. The number of rotatable bonds is 4. The monoisotopic (exact) mass is 264 g/mol. The van der Waals surface area contributed by atoms with Crippen molar-refractivity contribution in [1.29, 1.82) is 0 Å². The second-order valence-corrected chi connectivity index (χ2v) is 4.85. The molecule has 104 valence electrons. The van der Waals surface area contributed by atoms with Crippen LogP contribution >= 0.6 is 0 Å². The lowest BCUT2D eigenvalue weighted by molar-refractivity contribution is 0.0696. The Bertz CT molecular complexity index is 454. The van der Waals surface area contributed by atoms with Gasteiger partial charge in [-0.2, -0.15) is 0 Å². The molecule has 2 amide bonds. The van der Waals surface area contributed by atoms with Gasteiger partial charge in [-0.3, -0.25) is 0 Å². The van der Waals surface area contributed by atoms with Crippen LogP contribution in [0.3, 0.4) is 0 Å². The maximum absolute atomic E-state index is 12.0. The van der Waals surface area contributed by atoms with E-state index in [4.69, 9.17) is 5.11 Å². The van der Waals surface area contributed by atoms with Crippen molar-refractivity contribution in [2.45, 2.75) is 26.4 Å². The molecule has 0 bridgehead atoms. The van der Waals surface area contributed by atoms with Gasteiger partial charge in [-0.05, 0) is 31.5 Å². The van der Waals surface area contributed by atoms with Crippen molar-refractivity contribution in [3.63, 3.8) is 0 Å². The number of nitrogens with zero attached hydrogens (tertiary/aromatic N) is 2. The highest BCUT2D eigenvalue weighted by atomic mass is 16.4. The summed E-state index contributed by atoms with van der Waals surface area (Å²) >= 11 is 0. The summed E-state index contributed by atoms with van der Waals surface area (Å²) in [7, 11) is 3.49.